The molecule has 0 aliphatic heterocycles. The number of hydrogen-bond acceptors (Lipinski definition) is 4. The number of nitrogens with one attached hydrogen (secondary N) is 2. The maximum Gasteiger partial charge on any atom is 0.310 e. The lowest BCUT2D eigenvalue weighted by atomic mass is 9.81. The van der Waals surface area contributed by atoms with E-state index in [1.165, 1.54) is 4.90 Å². The molecule has 1 aromatic carbocycles. The number of rotatable bonds is 6. The van der Waals surface area contributed by atoms with Crippen molar-refractivity contribution in [3.05, 3.63) is 51.9 Å². The van der Waals surface area contributed by atoms with E-state index in [1.807, 2.05) is 0 Å². The summed E-state index contributed by atoms with van der Waals surface area (Å²) in [5.74, 6) is -0.945. The summed E-state index contributed by atoms with van der Waals surface area (Å²) in [7, 11) is -6.58. The van der Waals surface area contributed by atoms with Crippen molar-refractivity contribution in [3.63, 3.8) is 0 Å². The Labute approximate surface area is 170 Å². The summed E-state index contributed by atoms with van der Waals surface area (Å²) >= 11 is 0. The Kier molecular flexibility index (Phi) is 5.27. The van der Waals surface area contributed by atoms with Gasteiger partial charge in [0.15, 0.2) is 0 Å². The number of aromatic nitrogens is 2. The van der Waals surface area contributed by atoms with E-state index >= 15 is 0 Å². The first-order valence-corrected chi connectivity index (χ1v) is 10.7. The molecule has 1 heterocycles. The molecule has 1 aromatic heterocycles. The number of anilines is 1. The molecule has 0 saturated carbocycles. The number of aromatic amines is 1. The second-order valence-electron chi connectivity index (χ2n) is 7.65. The predicted molar refractivity (Wildman–Crippen MR) is 107 cm³/mol. The van der Waals surface area contributed by atoms with Gasteiger partial charge in [0, 0.05) is 20.2 Å². The van der Waals surface area contributed by atoms with Crippen LogP contribution in [0.5, 0.6) is 0 Å². The minimum atomic E-state index is -9.80. The summed E-state index contributed by atoms with van der Waals surface area (Å²) in [5.41, 5.74) is -1.80. The molecule has 2 N–H and O–H groups in total. The van der Waals surface area contributed by atoms with Gasteiger partial charge < -0.3 is 10.2 Å². The molecule has 0 saturated heterocycles. The average Bonchev–Trinajstić information content (AvgIpc) is 2.59. The van der Waals surface area contributed by atoms with Gasteiger partial charge in [0.2, 0.25) is 5.95 Å². The van der Waals surface area contributed by atoms with Crippen LogP contribution >= 0.6 is 10.2 Å². The molecule has 6 nitrogen and oxygen atoms in total. The van der Waals surface area contributed by atoms with Gasteiger partial charge in [-0.05, 0) is 30.5 Å². The minimum Gasteiger partial charge on any atom is -0.348 e. The van der Waals surface area contributed by atoms with Gasteiger partial charge in [-0.25, -0.2) is 4.98 Å². The van der Waals surface area contributed by atoms with Crippen LogP contribution in [0.3, 0.4) is 0 Å². The summed E-state index contributed by atoms with van der Waals surface area (Å²) in [4.78, 5) is 30.5. The molecule has 0 fully saturated rings. The third-order valence-electron chi connectivity index (χ3n) is 4.81. The summed E-state index contributed by atoms with van der Waals surface area (Å²) in [6.45, 7) is 4.95. The lowest BCUT2D eigenvalue weighted by Gasteiger charge is -2.41. The zero-order valence-electron chi connectivity index (χ0n) is 17.0. The second-order valence-corrected chi connectivity index (χ2v) is 10.1. The van der Waals surface area contributed by atoms with Crippen molar-refractivity contribution in [1.29, 1.82) is 0 Å². The monoisotopic (exact) mass is 454 g/mol. The van der Waals surface area contributed by atoms with E-state index in [0.29, 0.717) is 12.1 Å². The van der Waals surface area contributed by atoms with Crippen LogP contribution in [0.25, 0.3) is 0 Å². The van der Waals surface area contributed by atoms with Gasteiger partial charge in [-0.2, -0.15) is 0 Å². The molecule has 0 unspecified atom stereocenters. The molecule has 0 spiro atoms. The largest absolute Gasteiger partial charge is 0.348 e. The smallest absolute Gasteiger partial charge is 0.310 e. The van der Waals surface area contributed by atoms with Crippen LogP contribution in [-0.4, -0.2) is 30.0 Å². The highest BCUT2D eigenvalue weighted by Gasteiger charge is 2.65. The summed E-state index contributed by atoms with van der Waals surface area (Å²) in [5, 5.41) is 2.66. The van der Waals surface area contributed by atoms with E-state index in [9.17, 15) is 29.0 Å². The van der Waals surface area contributed by atoms with Gasteiger partial charge in [0.1, 0.15) is 10.6 Å². The van der Waals surface area contributed by atoms with Crippen LogP contribution in [0.1, 0.15) is 36.8 Å². The van der Waals surface area contributed by atoms with E-state index in [2.05, 4.69) is 15.3 Å². The maximum atomic E-state index is 13.0. The van der Waals surface area contributed by atoms with Crippen molar-refractivity contribution in [2.75, 3.05) is 19.0 Å². The van der Waals surface area contributed by atoms with E-state index in [0.717, 1.165) is 18.2 Å². The highest BCUT2D eigenvalue weighted by Crippen LogP contribution is 3.02. The number of carbonyl (C=O) groups is 1. The van der Waals surface area contributed by atoms with E-state index in [4.69, 9.17) is 0 Å². The number of carbonyl (C=O) groups excluding carboxylic acids is 1. The molecule has 12 heteroatoms. The van der Waals surface area contributed by atoms with Crippen LogP contribution in [-0.2, 0) is 5.54 Å². The highest BCUT2D eigenvalue weighted by atomic mass is 32.5. The van der Waals surface area contributed by atoms with Gasteiger partial charge in [-0.1, -0.05) is 45.4 Å². The fourth-order valence-corrected chi connectivity index (χ4v) is 3.33. The zero-order chi connectivity index (χ0) is 23.2. The fourth-order valence-electron chi connectivity index (χ4n) is 2.68. The van der Waals surface area contributed by atoms with Crippen LogP contribution in [0.2, 0.25) is 0 Å². The SMILES string of the molecule is CC(C)[C@](C)(NC(=O)c1cc(=O)[nH]c(N(C)C)n1)c1ccc(S(F)(F)(F)(F)F)cc1. The van der Waals surface area contributed by atoms with Gasteiger partial charge in [-0.3, -0.25) is 14.6 Å². The van der Waals surface area contributed by atoms with Crippen molar-refractivity contribution in [2.24, 2.45) is 5.92 Å². The van der Waals surface area contributed by atoms with Gasteiger partial charge in [0.25, 0.3) is 11.5 Å². The number of benzene rings is 1. The Morgan fingerprint density at radius 3 is 2.10 bits per heavy atom. The van der Waals surface area contributed by atoms with Gasteiger partial charge in [-0.15, -0.1) is 0 Å². The first-order valence-electron chi connectivity index (χ1n) is 8.79. The standard InChI is InChI=1S/C18H23F5N4O2S/c1-11(2)18(3,12-6-8-13(9-7-12)30(19,20,21,22)23)26-16(29)14-10-15(28)25-17(24-14)27(4)5/h6-11H,1-5H3,(H,26,29)(H,24,25,28)/t18-/m0/s1. The number of hydrogen-bond donors (Lipinski definition) is 2. The van der Waals surface area contributed by atoms with Crippen LogP contribution < -0.4 is 15.8 Å². The molecule has 2 aromatic rings. The average molecular weight is 454 g/mol. The lowest BCUT2D eigenvalue weighted by Crippen LogP contribution is -2.47. The van der Waals surface area contributed by atoms with Gasteiger partial charge in [0.05, 0.1) is 5.54 Å². The molecule has 0 aliphatic rings. The molecule has 168 valence electrons. The molecular weight excluding hydrogens is 431 g/mol. The third kappa shape index (κ3) is 5.10. The Hall–Kier alpha value is -2.63. The minimum absolute atomic E-state index is 0.138. The number of amides is 1. The fraction of sp³-hybridized carbons (Fsp3) is 0.389. The molecule has 30 heavy (non-hydrogen) atoms. The van der Waals surface area contributed by atoms with Crippen LogP contribution in [0.4, 0.5) is 25.4 Å². The van der Waals surface area contributed by atoms with E-state index in [1.54, 1.807) is 34.9 Å². The van der Waals surface area contributed by atoms with Crippen molar-refractivity contribution in [2.45, 2.75) is 31.2 Å². The highest BCUT2D eigenvalue weighted by molar-refractivity contribution is 8.45. The van der Waals surface area contributed by atoms with Crippen molar-refractivity contribution in [1.82, 2.24) is 15.3 Å². The first-order chi connectivity index (χ1) is 13.3. The molecular formula is C18H23F5N4O2S. The van der Waals surface area contributed by atoms with E-state index in [-0.39, 0.29) is 23.1 Å². The Morgan fingerprint density at radius 2 is 1.67 bits per heavy atom. The topological polar surface area (TPSA) is 78.1 Å². The third-order valence-corrected chi connectivity index (χ3v) is 5.98. The molecule has 0 aliphatic carbocycles. The Bertz CT molecular complexity index is 1020. The second kappa shape index (κ2) is 6.69. The maximum absolute atomic E-state index is 13.0. The summed E-state index contributed by atoms with van der Waals surface area (Å²) < 4.78 is 65.0. The first kappa shape index (κ1) is 23.6. The van der Waals surface area contributed by atoms with Crippen molar-refractivity contribution < 1.29 is 24.2 Å². The molecule has 0 radical (unpaired) electrons. The van der Waals surface area contributed by atoms with Gasteiger partial charge >= 0.3 is 10.2 Å². The van der Waals surface area contributed by atoms with Crippen LogP contribution in [0, 0.1) is 5.92 Å². The van der Waals surface area contributed by atoms with E-state index < -0.39 is 32.1 Å². The summed E-state index contributed by atoms with van der Waals surface area (Å²) in [6.07, 6.45) is 0. The molecule has 0 bridgehead atoms. The lowest BCUT2D eigenvalue weighted by molar-refractivity contribution is 0.0870. The Balaban J connectivity index is 2.45. The number of H-pyrrole nitrogens is 1. The number of nitrogens with zero attached hydrogens (tertiary/aromatic N) is 2. The Morgan fingerprint density at radius 1 is 1.13 bits per heavy atom. The van der Waals surface area contributed by atoms with Crippen LogP contribution in [0.15, 0.2) is 40.0 Å². The zero-order valence-corrected chi connectivity index (χ0v) is 17.8. The molecule has 1 atom stereocenters. The van der Waals surface area contributed by atoms with Crippen molar-refractivity contribution in [3.8, 4) is 0 Å². The quantitative estimate of drug-likeness (QED) is 0.615. The number of halogens is 5. The summed E-state index contributed by atoms with van der Waals surface area (Å²) in [6, 6.07) is 3.41. The normalized spacial score (nSPS) is 16.4. The molecule has 2 rings (SSSR count). The predicted octanol–water partition coefficient (Wildman–Crippen LogP) is 4.79. The molecule has 1 amide bonds. The van der Waals surface area contributed by atoms with Crippen molar-refractivity contribution >= 4 is 22.1 Å².